The summed E-state index contributed by atoms with van der Waals surface area (Å²) in [6.45, 7) is 1.23. The third kappa shape index (κ3) is 4.64. The molecule has 1 saturated heterocycles. The van der Waals surface area contributed by atoms with Gasteiger partial charge in [0.2, 0.25) is 17.7 Å². The number of nitrogens with zero attached hydrogens (tertiary/aromatic N) is 3. The first-order valence-corrected chi connectivity index (χ1v) is 11.1. The molecule has 1 aromatic heterocycles. The van der Waals surface area contributed by atoms with Crippen LogP contribution in [0.1, 0.15) is 30.1 Å². The summed E-state index contributed by atoms with van der Waals surface area (Å²) in [7, 11) is 1.26. The molecule has 4 amide bonds. The van der Waals surface area contributed by atoms with Gasteiger partial charge in [0.15, 0.2) is 4.80 Å². The SMILES string of the molecule is COC(=O)Cn1c(=NC(=O)c2cccc(N3C(=O)CCC3=O)c2)sc2cc(NC(C)=O)ccc21. The van der Waals surface area contributed by atoms with Gasteiger partial charge in [-0.25, -0.2) is 0 Å². The van der Waals surface area contributed by atoms with Crippen molar-refractivity contribution in [1.29, 1.82) is 0 Å². The number of hydrogen-bond acceptors (Lipinski definition) is 7. The molecule has 11 heteroatoms. The number of amides is 4. The zero-order chi connectivity index (χ0) is 24.4. The number of fused-ring (bicyclic) bond motifs is 1. The fourth-order valence-electron chi connectivity index (χ4n) is 3.58. The molecule has 0 aliphatic carbocycles. The van der Waals surface area contributed by atoms with Gasteiger partial charge in [0, 0.05) is 31.0 Å². The van der Waals surface area contributed by atoms with Crippen LogP contribution in [0.25, 0.3) is 10.2 Å². The van der Waals surface area contributed by atoms with E-state index in [-0.39, 0.29) is 47.5 Å². The molecule has 174 valence electrons. The highest BCUT2D eigenvalue weighted by molar-refractivity contribution is 7.16. The van der Waals surface area contributed by atoms with E-state index in [0.29, 0.717) is 21.6 Å². The summed E-state index contributed by atoms with van der Waals surface area (Å²) >= 11 is 1.17. The lowest BCUT2D eigenvalue weighted by molar-refractivity contribution is -0.141. The van der Waals surface area contributed by atoms with Gasteiger partial charge in [-0.2, -0.15) is 4.99 Å². The van der Waals surface area contributed by atoms with Crippen LogP contribution in [0.5, 0.6) is 0 Å². The molecule has 4 rings (SSSR count). The topological polar surface area (TPSA) is 127 Å². The molecule has 0 bridgehead atoms. The predicted octanol–water partition coefficient (Wildman–Crippen LogP) is 2.23. The molecular formula is C23H20N4O6S. The van der Waals surface area contributed by atoms with Gasteiger partial charge in [-0.3, -0.25) is 28.9 Å². The average molecular weight is 481 g/mol. The molecule has 2 aromatic carbocycles. The normalized spacial score (nSPS) is 14.1. The van der Waals surface area contributed by atoms with E-state index in [1.165, 1.54) is 37.5 Å². The Bertz CT molecular complexity index is 1400. The molecule has 1 aliphatic rings. The van der Waals surface area contributed by atoms with Crippen molar-refractivity contribution in [2.45, 2.75) is 26.3 Å². The number of rotatable bonds is 5. The van der Waals surface area contributed by atoms with Crippen LogP contribution >= 0.6 is 11.3 Å². The van der Waals surface area contributed by atoms with Gasteiger partial charge in [0.05, 0.1) is 23.0 Å². The van der Waals surface area contributed by atoms with Gasteiger partial charge in [-0.1, -0.05) is 17.4 Å². The van der Waals surface area contributed by atoms with E-state index in [1.807, 2.05) is 0 Å². The fraction of sp³-hybridized carbons (Fsp3) is 0.217. The summed E-state index contributed by atoms with van der Waals surface area (Å²) < 4.78 is 7.03. The number of nitrogens with one attached hydrogen (secondary N) is 1. The number of esters is 1. The van der Waals surface area contributed by atoms with Crippen LogP contribution in [-0.4, -0.2) is 41.3 Å². The number of ether oxygens (including phenoxy) is 1. The van der Waals surface area contributed by atoms with E-state index >= 15 is 0 Å². The molecule has 0 saturated carbocycles. The number of aromatic nitrogens is 1. The molecule has 0 spiro atoms. The first kappa shape index (κ1) is 23.1. The van der Waals surface area contributed by atoms with E-state index in [0.717, 1.165) is 4.90 Å². The van der Waals surface area contributed by atoms with Crippen LogP contribution in [0.3, 0.4) is 0 Å². The van der Waals surface area contributed by atoms with Gasteiger partial charge < -0.3 is 14.6 Å². The maximum Gasteiger partial charge on any atom is 0.325 e. The molecule has 1 N–H and O–H groups in total. The number of thiazole rings is 1. The second-order valence-corrected chi connectivity index (χ2v) is 8.51. The monoisotopic (exact) mass is 480 g/mol. The lowest BCUT2D eigenvalue weighted by Gasteiger charge is -2.14. The van der Waals surface area contributed by atoms with Gasteiger partial charge in [-0.05, 0) is 36.4 Å². The van der Waals surface area contributed by atoms with Crippen LogP contribution in [0, 0.1) is 0 Å². The lowest BCUT2D eigenvalue weighted by Crippen LogP contribution is -2.28. The second-order valence-electron chi connectivity index (χ2n) is 7.50. The summed E-state index contributed by atoms with van der Waals surface area (Å²) in [6.07, 6.45) is 0.272. The smallest absolute Gasteiger partial charge is 0.325 e. The van der Waals surface area contributed by atoms with Gasteiger partial charge in [-0.15, -0.1) is 0 Å². The summed E-state index contributed by atoms with van der Waals surface area (Å²) in [4.78, 5) is 66.0. The molecular weight excluding hydrogens is 460 g/mol. The molecule has 0 radical (unpaired) electrons. The maximum absolute atomic E-state index is 13.0. The summed E-state index contributed by atoms with van der Waals surface area (Å²) in [5, 5.41) is 2.69. The summed E-state index contributed by atoms with van der Waals surface area (Å²) in [5.41, 5.74) is 1.70. The maximum atomic E-state index is 13.0. The van der Waals surface area contributed by atoms with E-state index < -0.39 is 11.9 Å². The summed E-state index contributed by atoms with van der Waals surface area (Å²) in [5.74, 6) is -1.99. The number of benzene rings is 2. The first-order chi connectivity index (χ1) is 16.3. The van der Waals surface area contributed by atoms with E-state index in [9.17, 15) is 24.0 Å². The van der Waals surface area contributed by atoms with Crippen molar-refractivity contribution in [2.24, 2.45) is 4.99 Å². The van der Waals surface area contributed by atoms with Gasteiger partial charge >= 0.3 is 5.97 Å². The molecule has 1 fully saturated rings. The number of carbonyl (C=O) groups excluding carboxylic acids is 5. The molecule has 0 atom stereocenters. The Morgan fingerprint density at radius 2 is 1.82 bits per heavy atom. The average Bonchev–Trinajstić information content (AvgIpc) is 3.31. The Morgan fingerprint density at radius 1 is 1.09 bits per heavy atom. The summed E-state index contributed by atoms with van der Waals surface area (Å²) in [6, 6.07) is 11.3. The lowest BCUT2D eigenvalue weighted by atomic mass is 10.2. The predicted molar refractivity (Wildman–Crippen MR) is 124 cm³/mol. The van der Waals surface area contributed by atoms with Crippen molar-refractivity contribution >= 4 is 62.5 Å². The Morgan fingerprint density at radius 3 is 2.50 bits per heavy atom. The number of anilines is 2. The minimum atomic E-state index is -0.604. The van der Waals surface area contributed by atoms with Crippen molar-refractivity contribution < 1.29 is 28.7 Å². The number of methoxy groups -OCH3 is 1. The van der Waals surface area contributed by atoms with Crippen LogP contribution in [-0.2, 0) is 30.5 Å². The first-order valence-electron chi connectivity index (χ1n) is 10.3. The highest BCUT2D eigenvalue weighted by Crippen LogP contribution is 2.25. The van der Waals surface area contributed by atoms with E-state index in [1.54, 1.807) is 34.9 Å². The third-order valence-corrected chi connectivity index (χ3v) is 6.16. The third-order valence-electron chi connectivity index (χ3n) is 5.12. The highest BCUT2D eigenvalue weighted by Gasteiger charge is 2.30. The molecule has 3 aromatic rings. The number of carbonyl (C=O) groups is 5. The minimum Gasteiger partial charge on any atom is -0.468 e. The Hall–Kier alpha value is -4.12. The van der Waals surface area contributed by atoms with Crippen molar-refractivity contribution in [3.05, 3.63) is 52.8 Å². The second kappa shape index (κ2) is 9.40. The Kier molecular flexibility index (Phi) is 6.37. The zero-order valence-corrected chi connectivity index (χ0v) is 19.2. The molecule has 0 unspecified atom stereocenters. The van der Waals surface area contributed by atoms with Crippen LogP contribution < -0.4 is 15.0 Å². The highest BCUT2D eigenvalue weighted by atomic mass is 32.1. The van der Waals surface area contributed by atoms with Crippen molar-refractivity contribution in [3.63, 3.8) is 0 Å². The van der Waals surface area contributed by atoms with E-state index in [2.05, 4.69) is 10.3 Å². The Labute approximate surface area is 197 Å². The number of imide groups is 1. The molecule has 1 aliphatic heterocycles. The van der Waals surface area contributed by atoms with Crippen LogP contribution in [0.4, 0.5) is 11.4 Å². The van der Waals surface area contributed by atoms with E-state index in [4.69, 9.17) is 4.74 Å². The zero-order valence-electron chi connectivity index (χ0n) is 18.4. The van der Waals surface area contributed by atoms with Crippen molar-refractivity contribution in [2.75, 3.05) is 17.3 Å². The van der Waals surface area contributed by atoms with Crippen LogP contribution in [0.2, 0.25) is 0 Å². The molecule has 34 heavy (non-hydrogen) atoms. The largest absolute Gasteiger partial charge is 0.468 e. The van der Waals surface area contributed by atoms with Crippen molar-refractivity contribution in [3.8, 4) is 0 Å². The van der Waals surface area contributed by atoms with Gasteiger partial charge in [0.25, 0.3) is 5.91 Å². The fourth-order valence-corrected chi connectivity index (χ4v) is 4.65. The van der Waals surface area contributed by atoms with Crippen molar-refractivity contribution in [1.82, 2.24) is 4.57 Å². The minimum absolute atomic E-state index is 0.136. The Balaban J connectivity index is 1.76. The van der Waals surface area contributed by atoms with Gasteiger partial charge in [0.1, 0.15) is 6.54 Å². The van der Waals surface area contributed by atoms with Crippen LogP contribution in [0.15, 0.2) is 47.5 Å². The quantitative estimate of drug-likeness (QED) is 0.441. The standard InChI is InChI=1S/C23H20N4O6S/c1-13(28)24-15-6-7-17-18(11-15)34-23(26(17)12-21(31)33-2)25-22(32)14-4-3-5-16(10-14)27-19(29)8-9-20(27)30/h3-7,10-11H,8-9,12H2,1-2H3,(H,24,28). The molecule has 10 nitrogen and oxygen atoms in total. The molecule has 2 heterocycles. The number of hydrogen-bond donors (Lipinski definition) is 1.